The second-order valence-corrected chi connectivity index (χ2v) is 5.29. The molecule has 1 aromatic carbocycles. The van der Waals surface area contributed by atoms with Crippen molar-refractivity contribution in [3.05, 3.63) is 59.8 Å². The Labute approximate surface area is 129 Å². The number of anilines is 1. The highest BCUT2D eigenvalue weighted by molar-refractivity contribution is 9.09. The molecule has 0 bridgehead atoms. The Morgan fingerprint density at radius 1 is 1.10 bits per heavy atom. The zero-order valence-corrected chi connectivity index (χ0v) is 12.7. The quantitative estimate of drug-likeness (QED) is 0.731. The summed E-state index contributed by atoms with van der Waals surface area (Å²) >= 11 is 3.33. The van der Waals surface area contributed by atoms with E-state index < -0.39 is 11.7 Å². The molecular formula is C15H14BrF3N2. The highest BCUT2D eigenvalue weighted by atomic mass is 79.9. The Morgan fingerprint density at radius 2 is 1.81 bits per heavy atom. The van der Waals surface area contributed by atoms with E-state index in [0.29, 0.717) is 24.2 Å². The third kappa shape index (κ3) is 4.46. The topological polar surface area (TPSA) is 16.1 Å². The van der Waals surface area contributed by atoms with Crippen LogP contribution in [0.4, 0.5) is 19.0 Å². The lowest BCUT2D eigenvalue weighted by Gasteiger charge is -2.23. The first-order chi connectivity index (χ1) is 10.0. The Kier molecular flexibility index (Phi) is 5.22. The fourth-order valence-electron chi connectivity index (χ4n) is 1.95. The second-order valence-electron chi connectivity index (χ2n) is 4.50. The van der Waals surface area contributed by atoms with Crippen molar-refractivity contribution in [3.63, 3.8) is 0 Å². The minimum atomic E-state index is -4.36. The number of alkyl halides is 4. The van der Waals surface area contributed by atoms with Crippen LogP contribution in [-0.4, -0.2) is 16.9 Å². The van der Waals surface area contributed by atoms with Crippen molar-refractivity contribution in [1.29, 1.82) is 0 Å². The highest BCUT2D eigenvalue weighted by Crippen LogP contribution is 2.31. The Balaban J connectivity index is 2.26. The van der Waals surface area contributed by atoms with Crippen LogP contribution >= 0.6 is 15.9 Å². The average molecular weight is 359 g/mol. The van der Waals surface area contributed by atoms with Crippen molar-refractivity contribution in [2.75, 3.05) is 16.8 Å². The molecule has 21 heavy (non-hydrogen) atoms. The third-order valence-corrected chi connectivity index (χ3v) is 3.32. The monoisotopic (exact) mass is 358 g/mol. The van der Waals surface area contributed by atoms with Gasteiger partial charge in [0.1, 0.15) is 5.82 Å². The molecule has 0 saturated heterocycles. The molecule has 0 radical (unpaired) electrons. The summed E-state index contributed by atoms with van der Waals surface area (Å²) in [4.78, 5) is 5.89. The number of benzene rings is 1. The Morgan fingerprint density at radius 3 is 2.43 bits per heavy atom. The first kappa shape index (κ1) is 15.8. The van der Waals surface area contributed by atoms with Gasteiger partial charge in [0, 0.05) is 24.6 Å². The zero-order valence-electron chi connectivity index (χ0n) is 11.1. The largest absolute Gasteiger partial charge is 0.416 e. The summed E-state index contributed by atoms with van der Waals surface area (Å²) in [5.74, 6) is 0.327. The molecular weight excluding hydrogens is 345 g/mol. The molecule has 0 aliphatic heterocycles. The van der Waals surface area contributed by atoms with E-state index in [0.717, 1.165) is 17.7 Å². The fourth-order valence-corrected chi connectivity index (χ4v) is 2.38. The van der Waals surface area contributed by atoms with Crippen molar-refractivity contribution >= 4 is 21.7 Å². The minimum Gasteiger partial charge on any atom is -0.351 e. The number of pyridine rings is 1. The number of rotatable bonds is 5. The molecule has 0 saturated carbocycles. The summed E-state index contributed by atoms with van der Waals surface area (Å²) in [6.45, 7) is 1.09. The van der Waals surface area contributed by atoms with Gasteiger partial charge < -0.3 is 4.90 Å². The van der Waals surface area contributed by atoms with E-state index >= 15 is 0 Å². The van der Waals surface area contributed by atoms with Crippen LogP contribution < -0.4 is 4.90 Å². The summed E-state index contributed by atoms with van der Waals surface area (Å²) in [5.41, 5.74) is 0.345. The molecule has 0 spiro atoms. The lowest BCUT2D eigenvalue weighted by atomic mass is 10.2. The maximum absolute atomic E-state index is 12.8. The first-order valence-corrected chi connectivity index (χ1v) is 7.51. The lowest BCUT2D eigenvalue weighted by molar-refractivity contribution is -0.137. The van der Waals surface area contributed by atoms with Crippen molar-refractivity contribution in [3.8, 4) is 0 Å². The van der Waals surface area contributed by atoms with Gasteiger partial charge in [-0.2, -0.15) is 13.2 Å². The van der Waals surface area contributed by atoms with Gasteiger partial charge in [-0.05, 0) is 17.7 Å². The minimum absolute atomic E-state index is 0.327. The SMILES string of the molecule is FC(F)(F)c1ccnc(N(CCBr)Cc2ccccc2)c1. The summed E-state index contributed by atoms with van der Waals surface area (Å²) in [6.07, 6.45) is -3.16. The molecule has 6 heteroatoms. The van der Waals surface area contributed by atoms with E-state index in [1.165, 1.54) is 6.20 Å². The van der Waals surface area contributed by atoms with Crippen LogP contribution in [-0.2, 0) is 12.7 Å². The zero-order chi connectivity index (χ0) is 15.3. The molecule has 0 aliphatic carbocycles. The maximum Gasteiger partial charge on any atom is 0.416 e. The van der Waals surface area contributed by atoms with Gasteiger partial charge in [-0.3, -0.25) is 0 Å². The van der Waals surface area contributed by atoms with E-state index in [-0.39, 0.29) is 0 Å². The van der Waals surface area contributed by atoms with E-state index in [9.17, 15) is 13.2 Å². The van der Waals surface area contributed by atoms with Gasteiger partial charge in [-0.1, -0.05) is 46.3 Å². The molecule has 112 valence electrons. The summed E-state index contributed by atoms with van der Waals surface area (Å²) in [7, 11) is 0. The molecule has 2 aromatic rings. The van der Waals surface area contributed by atoms with Crippen molar-refractivity contribution in [1.82, 2.24) is 4.98 Å². The molecule has 2 rings (SSSR count). The van der Waals surface area contributed by atoms with Crippen LogP contribution in [0.25, 0.3) is 0 Å². The van der Waals surface area contributed by atoms with Gasteiger partial charge in [0.05, 0.1) is 5.56 Å². The smallest absolute Gasteiger partial charge is 0.351 e. The van der Waals surface area contributed by atoms with Gasteiger partial charge in [-0.15, -0.1) is 0 Å². The predicted molar refractivity (Wildman–Crippen MR) is 80.5 cm³/mol. The lowest BCUT2D eigenvalue weighted by Crippen LogP contribution is -2.26. The van der Waals surface area contributed by atoms with Gasteiger partial charge in [0.15, 0.2) is 0 Å². The Bertz CT molecular complexity index is 573. The van der Waals surface area contributed by atoms with Crippen LogP contribution in [0, 0.1) is 0 Å². The molecule has 2 nitrogen and oxygen atoms in total. The molecule has 1 aromatic heterocycles. The molecule has 0 aliphatic rings. The van der Waals surface area contributed by atoms with E-state index in [1.807, 2.05) is 35.2 Å². The number of aromatic nitrogens is 1. The third-order valence-electron chi connectivity index (χ3n) is 2.97. The van der Waals surface area contributed by atoms with Gasteiger partial charge in [0.2, 0.25) is 0 Å². The molecule has 0 amide bonds. The van der Waals surface area contributed by atoms with Crippen LogP contribution in [0.1, 0.15) is 11.1 Å². The maximum atomic E-state index is 12.8. The standard InChI is InChI=1S/C15H14BrF3N2/c16-7-9-21(11-12-4-2-1-3-5-12)14-10-13(6-8-20-14)15(17,18)19/h1-6,8,10H,7,9,11H2. The van der Waals surface area contributed by atoms with E-state index in [2.05, 4.69) is 20.9 Å². The van der Waals surface area contributed by atoms with E-state index in [1.54, 1.807) is 0 Å². The predicted octanol–water partition coefficient (Wildman–Crippen LogP) is 4.50. The number of hydrogen-bond donors (Lipinski definition) is 0. The molecule has 1 heterocycles. The molecule has 0 atom stereocenters. The van der Waals surface area contributed by atoms with Crippen molar-refractivity contribution in [2.45, 2.75) is 12.7 Å². The summed E-state index contributed by atoms with van der Waals surface area (Å²) in [5, 5.41) is 0.651. The number of hydrogen-bond acceptors (Lipinski definition) is 2. The average Bonchev–Trinajstić information content (AvgIpc) is 2.47. The van der Waals surface area contributed by atoms with Gasteiger partial charge in [0.25, 0.3) is 0 Å². The van der Waals surface area contributed by atoms with Crippen molar-refractivity contribution < 1.29 is 13.2 Å². The second kappa shape index (κ2) is 6.93. The first-order valence-electron chi connectivity index (χ1n) is 6.39. The number of halogens is 4. The van der Waals surface area contributed by atoms with Crippen LogP contribution in [0.15, 0.2) is 48.7 Å². The Hall–Kier alpha value is -1.56. The van der Waals surface area contributed by atoms with Crippen LogP contribution in [0.5, 0.6) is 0 Å². The summed E-state index contributed by atoms with van der Waals surface area (Å²) < 4.78 is 38.4. The van der Waals surface area contributed by atoms with E-state index in [4.69, 9.17) is 0 Å². The van der Waals surface area contributed by atoms with Crippen LogP contribution in [0.2, 0.25) is 0 Å². The highest BCUT2D eigenvalue weighted by Gasteiger charge is 2.31. The molecule has 0 N–H and O–H groups in total. The van der Waals surface area contributed by atoms with Gasteiger partial charge in [-0.25, -0.2) is 4.98 Å². The van der Waals surface area contributed by atoms with Crippen molar-refractivity contribution in [2.24, 2.45) is 0 Å². The summed E-state index contributed by atoms with van der Waals surface area (Å²) in [6, 6.07) is 11.7. The molecule has 0 unspecified atom stereocenters. The number of nitrogens with zero attached hydrogens (tertiary/aromatic N) is 2. The normalized spacial score (nSPS) is 11.4. The molecule has 0 fully saturated rings. The van der Waals surface area contributed by atoms with Gasteiger partial charge >= 0.3 is 6.18 Å². The fraction of sp³-hybridized carbons (Fsp3) is 0.267. The van der Waals surface area contributed by atoms with Crippen LogP contribution in [0.3, 0.4) is 0 Å².